The van der Waals surface area contributed by atoms with Gasteiger partial charge in [0.2, 0.25) is 5.91 Å². The van der Waals surface area contributed by atoms with E-state index in [9.17, 15) is 14.7 Å². The van der Waals surface area contributed by atoms with Crippen LogP contribution in [0.25, 0.3) is 0 Å². The van der Waals surface area contributed by atoms with Gasteiger partial charge in [0.15, 0.2) is 0 Å². The second kappa shape index (κ2) is 7.40. The lowest BCUT2D eigenvalue weighted by Gasteiger charge is -2.11. The zero-order chi connectivity index (χ0) is 15.2. The van der Waals surface area contributed by atoms with E-state index in [-0.39, 0.29) is 17.9 Å². The molecule has 1 heterocycles. The summed E-state index contributed by atoms with van der Waals surface area (Å²) in [7, 11) is 0. The second-order valence-electron chi connectivity index (χ2n) is 4.88. The number of benzene rings is 1. The number of carbonyl (C=O) groups excluding carboxylic acids is 2. The Kier molecular flexibility index (Phi) is 5.55. The molecule has 1 aliphatic heterocycles. The third-order valence-corrected chi connectivity index (χ3v) is 3.58. The number of hydrogen-bond donors (Lipinski definition) is 4. The van der Waals surface area contributed by atoms with Gasteiger partial charge in [0, 0.05) is 19.6 Å². The van der Waals surface area contributed by atoms with Gasteiger partial charge in [-0.15, -0.1) is 0 Å². The molecule has 114 valence electrons. The van der Waals surface area contributed by atoms with Crippen LogP contribution in [0.5, 0.6) is 0 Å². The van der Waals surface area contributed by atoms with Crippen molar-refractivity contribution in [3.63, 3.8) is 0 Å². The summed E-state index contributed by atoms with van der Waals surface area (Å²) >= 11 is 5.92. The van der Waals surface area contributed by atoms with Crippen molar-refractivity contribution >= 4 is 23.4 Å². The third-order valence-electron chi connectivity index (χ3n) is 3.25. The van der Waals surface area contributed by atoms with Gasteiger partial charge in [0.1, 0.15) is 0 Å². The third kappa shape index (κ3) is 4.42. The van der Waals surface area contributed by atoms with Gasteiger partial charge in [-0.2, -0.15) is 0 Å². The van der Waals surface area contributed by atoms with E-state index in [2.05, 4.69) is 16.0 Å². The largest absolute Gasteiger partial charge is 0.392 e. The first-order valence-corrected chi connectivity index (χ1v) is 7.17. The molecule has 1 fully saturated rings. The predicted octanol–water partition coefficient (Wildman–Crippen LogP) is -0.0912. The number of carbonyl (C=O) groups is 2. The lowest BCUT2D eigenvalue weighted by Crippen LogP contribution is -2.43. The van der Waals surface area contributed by atoms with E-state index in [1.54, 1.807) is 24.3 Å². The second-order valence-corrected chi connectivity index (χ2v) is 5.28. The molecule has 0 bridgehead atoms. The summed E-state index contributed by atoms with van der Waals surface area (Å²) in [6.45, 7) is 1.07. The van der Waals surface area contributed by atoms with E-state index in [4.69, 9.17) is 11.6 Å². The van der Waals surface area contributed by atoms with Crippen molar-refractivity contribution < 1.29 is 14.7 Å². The first kappa shape index (κ1) is 15.8. The molecular weight excluding hydrogens is 294 g/mol. The minimum atomic E-state index is -0.472. The van der Waals surface area contributed by atoms with Crippen molar-refractivity contribution in [2.24, 2.45) is 0 Å². The normalized spacial score (nSPS) is 21.0. The minimum Gasteiger partial charge on any atom is -0.392 e. The van der Waals surface area contributed by atoms with E-state index in [1.807, 2.05) is 0 Å². The van der Waals surface area contributed by atoms with Crippen molar-refractivity contribution in [3.8, 4) is 0 Å². The van der Waals surface area contributed by atoms with Crippen LogP contribution in [-0.2, 0) is 4.79 Å². The van der Waals surface area contributed by atoms with Gasteiger partial charge < -0.3 is 21.1 Å². The number of nitrogens with one attached hydrogen (secondary N) is 3. The molecule has 0 saturated carbocycles. The summed E-state index contributed by atoms with van der Waals surface area (Å²) in [5.41, 5.74) is 0.408. The Morgan fingerprint density at radius 2 is 2.00 bits per heavy atom. The first-order valence-electron chi connectivity index (χ1n) is 6.80. The van der Waals surface area contributed by atoms with Gasteiger partial charge in [-0.25, -0.2) is 0 Å². The average Bonchev–Trinajstić information content (AvgIpc) is 2.90. The molecule has 1 saturated heterocycles. The number of amides is 2. The Morgan fingerprint density at radius 1 is 1.29 bits per heavy atom. The van der Waals surface area contributed by atoms with Crippen LogP contribution in [0.2, 0.25) is 5.02 Å². The van der Waals surface area contributed by atoms with Crippen LogP contribution < -0.4 is 16.0 Å². The highest BCUT2D eigenvalue weighted by molar-refractivity contribution is 6.33. The summed E-state index contributed by atoms with van der Waals surface area (Å²) < 4.78 is 0. The summed E-state index contributed by atoms with van der Waals surface area (Å²) in [6, 6.07) is 6.41. The number of halogens is 1. The summed E-state index contributed by atoms with van der Waals surface area (Å²) in [5, 5.41) is 18.0. The fraction of sp³-hybridized carbons (Fsp3) is 0.429. The zero-order valence-electron chi connectivity index (χ0n) is 11.4. The first-order chi connectivity index (χ1) is 10.1. The van der Waals surface area contributed by atoms with Crippen molar-refractivity contribution in [1.29, 1.82) is 0 Å². The highest BCUT2D eigenvalue weighted by Gasteiger charge is 2.27. The molecule has 0 spiro atoms. The quantitative estimate of drug-likeness (QED) is 0.572. The molecular formula is C14H18ClN3O3. The Labute approximate surface area is 127 Å². The van der Waals surface area contributed by atoms with Gasteiger partial charge in [0.05, 0.1) is 22.7 Å². The smallest absolute Gasteiger partial charge is 0.252 e. The molecule has 2 atom stereocenters. The maximum atomic E-state index is 11.9. The Balaban J connectivity index is 1.69. The summed E-state index contributed by atoms with van der Waals surface area (Å²) in [4.78, 5) is 23.6. The maximum absolute atomic E-state index is 11.9. The number of β-amino-alcohol motifs (C(OH)–C–C–N with tert-alkyl or cyclic N) is 1. The van der Waals surface area contributed by atoms with Crippen molar-refractivity contribution in [2.45, 2.75) is 18.6 Å². The molecule has 7 heteroatoms. The minimum absolute atomic E-state index is 0.168. The number of aliphatic hydroxyl groups is 1. The van der Waals surface area contributed by atoms with Crippen molar-refractivity contribution in [3.05, 3.63) is 34.9 Å². The standard InChI is InChI=1S/C14H18ClN3O3/c15-11-4-2-1-3-10(11)13(20)16-5-6-17-14(21)12-7-9(19)8-18-12/h1-4,9,12,18-19H,5-8H2,(H,16,20)(H,17,21)/t9-,12-/m1/s1. The summed E-state index contributed by atoms with van der Waals surface area (Å²) in [6.07, 6.45) is -0.0571. The Morgan fingerprint density at radius 3 is 2.67 bits per heavy atom. The van der Waals surface area contributed by atoms with Crippen LogP contribution in [0.15, 0.2) is 24.3 Å². The van der Waals surface area contributed by atoms with E-state index in [0.717, 1.165) is 0 Å². The fourth-order valence-electron chi connectivity index (χ4n) is 2.14. The van der Waals surface area contributed by atoms with Crippen LogP contribution in [-0.4, -0.2) is 48.7 Å². The van der Waals surface area contributed by atoms with Crippen LogP contribution in [0.1, 0.15) is 16.8 Å². The molecule has 1 aromatic carbocycles. The topological polar surface area (TPSA) is 90.5 Å². The average molecular weight is 312 g/mol. The van der Waals surface area contributed by atoms with Crippen LogP contribution in [0, 0.1) is 0 Å². The van der Waals surface area contributed by atoms with Crippen LogP contribution in [0.4, 0.5) is 0 Å². The van der Waals surface area contributed by atoms with E-state index < -0.39 is 6.10 Å². The molecule has 2 amide bonds. The number of rotatable bonds is 5. The van der Waals surface area contributed by atoms with Crippen LogP contribution >= 0.6 is 11.6 Å². The molecule has 1 aromatic rings. The number of aliphatic hydroxyl groups excluding tert-OH is 1. The molecule has 4 N–H and O–H groups in total. The molecule has 21 heavy (non-hydrogen) atoms. The summed E-state index contributed by atoms with van der Waals surface area (Å²) in [5.74, 6) is -0.442. The SMILES string of the molecule is O=C(NCCNC(=O)[C@H]1C[C@@H](O)CN1)c1ccccc1Cl. The molecule has 2 rings (SSSR count). The lowest BCUT2D eigenvalue weighted by atomic mass is 10.2. The molecule has 6 nitrogen and oxygen atoms in total. The monoisotopic (exact) mass is 311 g/mol. The van der Waals surface area contributed by atoms with Gasteiger partial charge in [-0.3, -0.25) is 9.59 Å². The van der Waals surface area contributed by atoms with Crippen LogP contribution in [0.3, 0.4) is 0 Å². The highest BCUT2D eigenvalue weighted by atomic mass is 35.5. The molecule has 0 aromatic heterocycles. The maximum Gasteiger partial charge on any atom is 0.252 e. The molecule has 0 unspecified atom stereocenters. The molecule has 0 aliphatic carbocycles. The van der Waals surface area contributed by atoms with Gasteiger partial charge in [-0.05, 0) is 18.6 Å². The van der Waals surface area contributed by atoms with Crippen molar-refractivity contribution in [2.75, 3.05) is 19.6 Å². The molecule has 0 radical (unpaired) electrons. The van der Waals surface area contributed by atoms with E-state index in [1.165, 1.54) is 0 Å². The fourth-order valence-corrected chi connectivity index (χ4v) is 2.36. The van der Waals surface area contributed by atoms with Gasteiger partial charge >= 0.3 is 0 Å². The lowest BCUT2D eigenvalue weighted by molar-refractivity contribution is -0.122. The highest BCUT2D eigenvalue weighted by Crippen LogP contribution is 2.14. The van der Waals surface area contributed by atoms with Gasteiger partial charge in [0.25, 0.3) is 5.91 Å². The van der Waals surface area contributed by atoms with Crippen molar-refractivity contribution in [1.82, 2.24) is 16.0 Å². The zero-order valence-corrected chi connectivity index (χ0v) is 12.2. The van der Waals surface area contributed by atoms with E-state index in [0.29, 0.717) is 36.6 Å². The van der Waals surface area contributed by atoms with E-state index >= 15 is 0 Å². The Bertz CT molecular complexity index is 524. The molecule has 1 aliphatic rings. The van der Waals surface area contributed by atoms with Gasteiger partial charge in [-0.1, -0.05) is 23.7 Å². The number of hydrogen-bond acceptors (Lipinski definition) is 4. The Hall–Kier alpha value is -1.63. The predicted molar refractivity (Wildman–Crippen MR) is 79.2 cm³/mol.